The first-order valence-electron chi connectivity index (χ1n) is 11.3. The van der Waals surface area contributed by atoms with Gasteiger partial charge in [0.25, 0.3) is 11.8 Å². The summed E-state index contributed by atoms with van der Waals surface area (Å²) in [5, 5.41) is 3.23. The summed E-state index contributed by atoms with van der Waals surface area (Å²) >= 11 is 0. The second-order valence-electron chi connectivity index (χ2n) is 8.48. The van der Waals surface area contributed by atoms with Gasteiger partial charge < -0.3 is 15.0 Å². The van der Waals surface area contributed by atoms with Crippen LogP contribution >= 0.6 is 0 Å². The largest absolute Gasteiger partial charge is 0.492 e. The van der Waals surface area contributed by atoms with Crippen LogP contribution in [-0.4, -0.2) is 32.5 Å². The molecule has 3 aromatic carbocycles. The molecule has 34 heavy (non-hydrogen) atoms. The van der Waals surface area contributed by atoms with Crippen molar-refractivity contribution in [1.82, 2.24) is 0 Å². The predicted molar refractivity (Wildman–Crippen MR) is 137 cm³/mol. The van der Waals surface area contributed by atoms with E-state index in [0.717, 1.165) is 22.4 Å². The van der Waals surface area contributed by atoms with Gasteiger partial charge in [-0.1, -0.05) is 35.9 Å². The minimum absolute atomic E-state index is 0.237. The predicted octanol–water partition coefficient (Wildman–Crippen LogP) is 5.16. The fourth-order valence-electron chi connectivity index (χ4n) is 4.11. The molecule has 3 aromatic rings. The molecule has 0 saturated heterocycles. The van der Waals surface area contributed by atoms with Crippen LogP contribution < -0.4 is 19.9 Å². The number of para-hydroxylation sites is 2. The molecule has 174 valence electrons. The normalized spacial score (nSPS) is 13.5. The van der Waals surface area contributed by atoms with Gasteiger partial charge in [0.2, 0.25) is 0 Å². The third-order valence-corrected chi connectivity index (χ3v) is 5.81. The molecule has 1 heterocycles. The average molecular weight is 456 g/mol. The first kappa shape index (κ1) is 23.1. The van der Waals surface area contributed by atoms with E-state index >= 15 is 0 Å². The number of anilines is 3. The summed E-state index contributed by atoms with van der Waals surface area (Å²) in [4.78, 5) is 30.7. The smallest absolute Gasteiger partial charge is 0.282 e. The van der Waals surface area contributed by atoms with Gasteiger partial charge in [-0.15, -0.1) is 0 Å². The summed E-state index contributed by atoms with van der Waals surface area (Å²) in [7, 11) is 3.89. The number of hydrogen-bond acceptors (Lipinski definition) is 5. The Kier molecular flexibility index (Phi) is 6.41. The van der Waals surface area contributed by atoms with Crippen LogP contribution in [0.3, 0.4) is 0 Å². The lowest BCUT2D eigenvalue weighted by molar-refractivity contribution is -0.120. The molecule has 0 aliphatic carbocycles. The second-order valence-corrected chi connectivity index (χ2v) is 8.48. The van der Waals surface area contributed by atoms with E-state index in [1.165, 1.54) is 4.90 Å². The Morgan fingerprint density at radius 1 is 0.912 bits per heavy atom. The first-order chi connectivity index (χ1) is 16.3. The lowest BCUT2D eigenvalue weighted by atomic mass is 9.97. The third kappa shape index (κ3) is 4.27. The lowest BCUT2D eigenvalue weighted by Crippen LogP contribution is -2.32. The van der Waals surface area contributed by atoms with Crippen LogP contribution in [0.5, 0.6) is 5.75 Å². The zero-order chi connectivity index (χ0) is 24.4. The minimum atomic E-state index is -0.399. The number of aryl methyl sites for hydroxylation is 2. The molecule has 0 bridgehead atoms. The Morgan fingerprint density at radius 2 is 1.62 bits per heavy atom. The summed E-state index contributed by atoms with van der Waals surface area (Å²) in [5.74, 6) is -0.138. The van der Waals surface area contributed by atoms with Crippen molar-refractivity contribution in [3.63, 3.8) is 0 Å². The third-order valence-electron chi connectivity index (χ3n) is 5.81. The number of ether oxygens (including phenoxy) is 1. The molecule has 2 amide bonds. The number of hydrogen-bond donors (Lipinski definition) is 1. The number of carbonyl (C=O) groups excluding carboxylic acids is 2. The van der Waals surface area contributed by atoms with E-state index in [1.54, 1.807) is 12.1 Å². The van der Waals surface area contributed by atoms with Crippen LogP contribution in [0.1, 0.15) is 23.6 Å². The van der Waals surface area contributed by atoms with E-state index < -0.39 is 5.91 Å². The Labute approximate surface area is 200 Å². The van der Waals surface area contributed by atoms with Gasteiger partial charge in [-0.05, 0) is 68.3 Å². The van der Waals surface area contributed by atoms with Crippen LogP contribution in [-0.2, 0) is 9.59 Å². The molecule has 6 nitrogen and oxygen atoms in total. The summed E-state index contributed by atoms with van der Waals surface area (Å²) in [6, 6.07) is 20.6. The summed E-state index contributed by atoms with van der Waals surface area (Å²) in [5.41, 5.74) is 5.48. The summed E-state index contributed by atoms with van der Waals surface area (Å²) in [6.45, 7) is 6.34. The SMILES string of the molecule is CCOc1ccccc1NC1=C(c2ccc(C)cc2C)C(=O)N(c2ccc(N(C)C)cc2)C1=O. The van der Waals surface area contributed by atoms with E-state index in [4.69, 9.17) is 4.74 Å². The van der Waals surface area contributed by atoms with Crippen LogP contribution in [0.2, 0.25) is 0 Å². The number of amides is 2. The molecule has 6 heteroatoms. The van der Waals surface area contributed by atoms with Crippen molar-refractivity contribution >= 4 is 34.4 Å². The van der Waals surface area contributed by atoms with Crippen LogP contribution in [0.25, 0.3) is 5.57 Å². The Hall–Kier alpha value is -4.06. The molecule has 0 radical (unpaired) electrons. The molecule has 4 rings (SSSR count). The molecule has 0 unspecified atom stereocenters. The maximum absolute atomic E-state index is 13.7. The lowest BCUT2D eigenvalue weighted by Gasteiger charge is -2.18. The van der Waals surface area contributed by atoms with E-state index in [-0.39, 0.29) is 11.6 Å². The molecule has 0 fully saturated rings. The average Bonchev–Trinajstić information content (AvgIpc) is 3.05. The summed E-state index contributed by atoms with van der Waals surface area (Å²) < 4.78 is 5.74. The Balaban J connectivity index is 1.83. The van der Waals surface area contributed by atoms with Gasteiger partial charge >= 0.3 is 0 Å². The molecule has 0 saturated carbocycles. The zero-order valence-electron chi connectivity index (χ0n) is 20.2. The highest BCUT2D eigenvalue weighted by Crippen LogP contribution is 2.37. The monoisotopic (exact) mass is 455 g/mol. The fraction of sp³-hybridized carbons (Fsp3) is 0.214. The van der Waals surface area contributed by atoms with Gasteiger partial charge in [-0.3, -0.25) is 9.59 Å². The Morgan fingerprint density at radius 3 is 2.26 bits per heavy atom. The van der Waals surface area contributed by atoms with Crippen molar-refractivity contribution in [1.29, 1.82) is 0 Å². The zero-order valence-corrected chi connectivity index (χ0v) is 20.2. The molecule has 0 aromatic heterocycles. The highest BCUT2D eigenvalue weighted by molar-refractivity contribution is 6.46. The van der Waals surface area contributed by atoms with Gasteiger partial charge in [0.15, 0.2) is 0 Å². The molecule has 1 aliphatic rings. The highest BCUT2D eigenvalue weighted by Gasteiger charge is 2.41. The maximum atomic E-state index is 13.7. The maximum Gasteiger partial charge on any atom is 0.282 e. The molecular weight excluding hydrogens is 426 g/mol. The Bertz CT molecular complexity index is 1280. The van der Waals surface area contributed by atoms with Crippen LogP contribution in [0.15, 0.2) is 72.4 Å². The molecule has 1 aliphatic heterocycles. The topological polar surface area (TPSA) is 61.9 Å². The quantitative estimate of drug-likeness (QED) is 0.499. The number of nitrogens with zero attached hydrogens (tertiary/aromatic N) is 2. The molecule has 1 N–H and O–H groups in total. The van der Waals surface area contributed by atoms with Crippen molar-refractivity contribution in [2.75, 3.05) is 35.8 Å². The molecule has 0 spiro atoms. The number of benzene rings is 3. The summed E-state index contributed by atoms with van der Waals surface area (Å²) in [6.07, 6.45) is 0. The van der Waals surface area contributed by atoms with Crippen LogP contribution in [0, 0.1) is 13.8 Å². The molecular formula is C28H29N3O3. The van der Waals surface area contributed by atoms with Gasteiger partial charge in [-0.25, -0.2) is 4.90 Å². The number of rotatable bonds is 7. The molecule has 0 atom stereocenters. The first-order valence-corrected chi connectivity index (χ1v) is 11.3. The second kappa shape index (κ2) is 9.43. The van der Waals surface area contributed by atoms with Gasteiger partial charge in [0, 0.05) is 19.8 Å². The van der Waals surface area contributed by atoms with Gasteiger partial charge in [-0.2, -0.15) is 0 Å². The van der Waals surface area contributed by atoms with E-state index in [0.29, 0.717) is 29.3 Å². The van der Waals surface area contributed by atoms with Crippen molar-refractivity contribution in [3.05, 3.63) is 89.1 Å². The van der Waals surface area contributed by atoms with Crippen molar-refractivity contribution in [2.45, 2.75) is 20.8 Å². The highest BCUT2D eigenvalue weighted by atomic mass is 16.5. The van der Waals surface area contributed by atoms with E-state index in [9.17, 15) is 9.59 Å². The number of nitrogens with one attached hydrogen (secondary N) is 1. The van der Waals surface area contributed by atoms with Gasteiger partial charge in [0.1, 0.15) is 11.4 Å². The van der Waals surface area contributed by atoms with Crippen molar-refractivity contribution in [2.24, 2.45) is 0 Å². The minimum Gasteiger partial charge on any atom is -0.492 e. The standard InChI is InChI=1S/C28H29N3O3/c1-6-34-24-10-8-7-9-23(24)29-26-25(22-16-11-18(2)17-19(22)3)27(32)31(28(26)33)21-14-12-20(13-15-21)30(4)5/h7-17,29H,6H2,1-5H3. The van der Waals surface area contributed by atoms with Crippen molar-refractivity contribution in [3.8, 4) is 5.75 Å². The number of imide groups is 1. The van der Waals surface area contributed by atoms with Crippen LogP contribution in [0.4, 0.5) is 17.1 Å². The van der Waals surface area contributed by atoms with Gasteiger partial charge in [0.05, 0.1) is 23.6 Å². The van der Waals surface area contributed by atoms with E-state index in [2.05, 4.69) is 5.32 Å². The fourth-order valence-corrected chi connectivity index (χ4v) is 4.11. The van der Waals surface area contributed by atoms with Crippen molar-refractivity contribution < 1.29 is 14.3 Å². The number of carbonyl (C=O) groups is 2. The van der Waals surface area contributed by atoms with E-state index in [1.807, 2.05) is 94.4 Å².